The number of aromatic nitrogens is 8. The summed E-state index contributed by atoms with van der Waals surface area (Å²) in [6, 6.07) is 141. The first-order valence-electron chi connectivity index (χ1n) is 43.2. The van der Waals surface area contributed by atoms with Crippen LogP contribution < -0.4 is 0 Å². The van der Waals surface area contributed by atoms with Gasteiger partial charge in [-0.25, -0.2) is 29.9 Å². The molecule has 2 aliphatic rings. The third-order valence-electron chi connectivity index (χ3n) is 26.1. The molecule has 0 saturated carbocycles. The SMILES string of the molecule is c1ccc(-c2nc(-c3ccccc3)nc(-c3ccc4c(c3)-c3cc(-n5c6ccccc6c6cc(-c7ccc8sc9cc%10c(cc9c8c7)sc7ccccc7%10)ccc65)ccc3C4)n2)cc1.c1ccc(-c2nc(-c3ccccc3)nc(-c3ccc4c(c3)-c3cc(-n5c6ccccc6c6cc(-c7ccc8sc9cc%10c(cc9c8c7)sc7ccccc7%10)ccc65)ccc3C4)n2)cc1. The summed E-state index contributed by atoms with van der Waals surface area (Å²) in [5, 5.41) is 15.7. The smallest absolute Gasteiger partial charge is 0.164 e. The largest absolute Gasteiger partial charge is 0.309 e. The predicted molar refractivity (Wildman–Crippen MR) is 540 cm³/mol. The van der Waals surface area contributed by atoms with Crippen molar-refractivity contribution in [3.05, 3.63) is 411 Å². The van der Waals surface area contributed by atoms with Crippen LogP contribution in [0.25, 0.3) is 249 Å². The lowest BCUT2D eigenvalue weighted by atomic mass is 10.0. The van der Waals surface area contributed by atoms with Gasteiger partial charge in [0.2, 0.25) is 0 Å². The molecular formula is C116H68N8S4. The van der Waals surface area contributed by atoms with Crippen molar-refractivity contribution >= 4 is 170 Å². The Labute approximate surface area is 750 Å². The van der Waals surface area contributed by atoms with Crippen LogP contribution in [0.15, 0.2) is 388 Å². The van der Waals surface area contributed by atoms with E-state index < -0.39 is 0 Å². The second-order valence-electron chi connectivity index (χ2n) is 33.5. The maximum atomic E-state index is 5.05. The van der Waals surface area contributed by atoms with E-state index in [2.05, 4.69) is 325 Å². The van der Waals surface area contributed by atoms with Crippen LogP contribution in [-0.2, 0) is 12.8 Å². The molecule has 0 spiro atoms. The molecule has 26 aromatic rings. The number of nitrogens with zero attached hydrogens (tertiary/aromatic N) is 8. The summed E-state index contributed by atoms with van der Waals surface area (Å²) in [7, 11) is 0. The molecule has 8 nitrogen and oxygen atoms in total. The molecule has 12 heteroatoms. The molecule has 0 fully saturated rings. The van der Waals surface area contributed by atoms with Crippen molar-refractivity contribution in [3.63, 3.8) is 0 Å². The average molecular weight is 1700 g/mol. The second kappa shape index (κ2) is 29.0. The van der Waals surface area contributed by atoms with E-state index >= 15 is 0 Å². The average Bonchev–Trinajstić information content (AvgIpc) is 1.59. The summed E-state index contributed by atoms with van der Waals surface area (Å²) in [6.07, 6.45) is 1.78. The number of hydrogen-bond acceptors (Lipinski definition) is 10. The van der Waals surface area contributed by atoms with Gasteiger partial charge in [0.25, 0.3) is 0 Å². The summed E-state index contributed by atoms with van der Waals surface area (Å²) >= 11 is 7.56. The van der Waals surface area contributed by atoms with Crippen LogP contribution in [0.5, 0.6) is 0 Å². The Bertz CT molecular complexity index is 8510. The molecule has 8 heterocycles. The Kier molecular flexibility index (Phi) is 16.5. The number of thiophene rings is 4. The van der Waals surface area contributed by atoms with E-state index in [1.165, 1.54) is 191 Å². The summed E-state index contributed by atoms with van der Waals surface area (Å²) in [4.78, 5) is 30.1. The van der Waals surface area contributed by atoms with Crippen molar-refractivity contribution in [2.45, 2.75) is 12.8 Å². The second-order valence-corrected chi connectivity index (χ2v) is 37.9. The predicted octanol–water partition coefficient (Wildman–Crippen LogP) is 31.9. The van der Waals surface area contributed by atoms with Crippen molar-refractivity contribution in [1.82, 2.24) is 39.0 Å². The van der Waals surface area contributed by atoms with Gasteiger partial charge in [-0.15, -0.1) is 45.3 Å². The van der Waals surface area contributed by atoms with Gasteiger partial charge in [-0.05, 0) is 213 Å². The van der Waals surface area contributed by atoms with Gasteiger partial charge >= 0.3 is 0 Å². The molecule has 0 bridgehead atoms. The molecule has 596 valence electrons. The van der Waals surface area contributed by atoms with Crippen LogP contribution in [0.2, 0.25) is 0 Å². The standard InChI is InChI=1S/2C58H34N4S2/c2*1-3-11-34(12-4-1)56-59-57(35-13-5-2-6-14-35)61-58(60-56)40-20-19-38-27-39-21-24-41(31-45(39)44(38)30-40)62-50-17-9-7-15-42(50)46-28-36(22-25-51(46)62)37-23-26-53-47(29-37)49-33-54-48(32-55(49)64-53)43-16-8-10-18-52(43)63-54/h2*1-26,28-33H,27H2. The molecular weight excluding hydrogens is 1630 g/mol. The fraction of sp³-hybridized carbons (Fsp3) is 0.0172. The first kappa shape index (κ1) is 72.9. The molecule has 0 aliphatic heterocycles. The monoisotopic (exact) mass is 1700 g/mol. The van der Waals surface area contributed by atoms with E-state index in [0.717, 1.165) is 57.6 Å². The number of hydrogen-bond donors (Lipinski definition) is 0. The van der Waals surface area contributed by atoms with Crippen LogP contribution in [0.1, 0.15) is 22.3 Å². The maximum Gasteiger partial charge on any atom is 0.164 e. The Morgan fingerprint density at radius 3 is 0.789 bits per heavy atom. The third-order valence-corrected chi connectivity index (χ3v) is 30.7. The maximum absolute atomic E-state index is 5.05. The third kappa shape index (κ3) is 12.0. The van der Waals surface area contributed by atoms with Crippen molar-refractivity contribution in [1.29, 1.82) is 0 Å². The highest BCUT2D eigenvalue weighted by atomic mass is 32.1. The van der Waals surface area contributed by atoms with Gasteiger partial charge in [0, 0.05) is 147 Å². The zero-order valence-electron chi connectivity index (χ0n) is 68.6. The van der Waals surface area contributed by atoms with Gasteiger partial charge in [-0.1, -0.05) is 255 Å². The van der Waals surface area contributed by atoms with E-state index in [9.17, 15) is 0 Å². The number of benzene rings is 18. The Morgan fingerprint density at radius 2 is 0.422 bits per heavy atom. The van der Waals surface area contributed by atoms with E-state index in [1.54, 1.807) is 0 Å². The van der Waals surface area contributed by atoms with E-state index in [1.807, 2.05) is 118 Å². The summed E-state index contributed by atoms with van der Waals surface area (Å²) in [5.74, 6) is 3.98. The highest BCUT2D eigenvalue weighted by Crippen LogP contribution is 2.50. The fourth-order valence-corrected chi connectivity index (χ4v) is 24.4. The van der Waals surface area contributed by atoms with Crippen molar-refractivity contribution in [3.8, 4) is 124 Å². The van der Waals surface area contributed by atoms with Crippen LogP contribution in [0.4, 0.5) is 0 Å². The minimum Gasteiger partial charge on any atom is -0.309 e. The molecule has 0 unspecified atom stereocenters. The van der Waals surface area contributed by atoms with Crippen LogP contribution >= 0.6 is 45.3 Å². The van der Waals surface area contributed by atoms with Crippen molar-refractivity contribution in [2.24, 2.45) is 0 Å². The fourth-order valence-electron chi connectivity index (χ4n) is 20.0. The molecule has 2 aliphatic carbocycles. The van der Waals surface area contributed by atoms with Gasteiger partial charge in [-0.3, -0.25) is 0 Å². The Morgan fingerprint density at radius 1 is 0.164 bits per heavy atom. The molecule has 0 radical (unpaired) electrons. The quantitative estimate of drug-likeness (QED) is 0.136. The molecule has 128 heavy (non-hydrogen) atoms. The van der Waals surface area contributed by atoms with E-state index in [-0.39, 0.29) is 0 Å². The molecule has 18 aromatic carbocycles. The first-order valence-corrected chi connectivity index (χ1v) is 46.5. The van der Waals surface area contributed by atoms with Crippen LogP contribution in [0, 0.1) is 0 Å². The summed E-state index contributed by atoms with van der Waals surface area (Å²) in [5.41, 5.74) is 28.0. The van der Waals surface area contributed by atoms with Gasteiger partial charge in [-0.2, -0.15) is 0 Å². The molecule has 28 rings (SSSR count). The zero-order valence-corrected chi connectivity index (χ0v) is 71.8. The van der Waals surface area contributed by atoms with E-state index in [0.29, 0.717) is 34.9 Å². The lowest BCUT2D eigenvalue weighted by Gasteiger charge is -2.12. The van der Waals surface area contributed by atoms with E-state index in [4.69, 9.17) is 29.9 Å². The van der Waals surface area contributed by atoms with Crippen LogP contribution in [-0.4, -0.2) is 39.0 Å². The van der Waals surface area contributed by atoms with Gasteiger partial charge in [0.15, 0.2) is 34.9 Å². The van der Waals surface area contributed by atoms with Crippen LogP contribution in [0.3, 0.4) is 0 Å². The Balaban J connectivity index is 0.000000132. The lowest BCUT2D eigenvalue weighted by molar-refractivity contribution is 1.07. The lowest BCUT2D eigenvalue weighted by Crippen LogP contribution is -2.00. The van der Waals surface area contributed by atoms with Crippen molar-refractivity contribution in [2.75, 3.05) is 0 Å². The first-order chi connectivity index (χ1) is 63.3. The summed E-state index contributed by atoms with van der Waals surface area (Å²) < 4.78 is 15.6. The van der Waals surface area contributed by atoms with Crippen molar-refractivity contribution < 1.29 is 0 Å². The highest BCUT2D eigenvalue weighted by Gasteiger charge is 2.27. The minimum absolute atomic E-state index is 0.663. The topological polar surface area (TPSA) is 87.2 Å². The number of fused-ring (bicyclic) bond motifs is 24. The molecule has 0 amide bonds. The Hall–Kier alpha value is -15.5. The molecule has 0 N–H and O–H groups in total. The van der Waals surface area contributed by atoms with Gasteiger partial charge < -0.3 is 9.13 Å². The summed E-state index contributed by atoms with van der Waals surface area (Å²) in [6.45, 7) is 0. The normalized spacial score (nSPS) is 12.3. The molecule has 0 saturated heterocycles. The molecule has 8 aromatic heterocycles. The number of para-hydroxylation sites is 2. The minimum atomic E-state index is 0.663. The highest BCUT2D eigenvalue weighted by molar-refractivity contribution is 7.28. The number of rotatable bonds is 10. The van der Waals surface area contributed by atoms with Gasteiger partial charge in [0.1, 0.15) is 0 Å². The zero-order chi connectivity index (χ0) is 83.8. The molecule has 0 atom stereocenters. The van der Waals surface area contributed by atoms with Gasteiger partial charge in [0.05, 0.1) is 22.1 Å².